The summed E-state index contributed by atoms with van der Waals surface area (Å²) in [5, 5.41) is 24.1. The maximum Gasteiger partial charge on any atom is 0.437 e. The van der Waals surface area contributed by atoms with E-state index in [1.165, 1.54) is 53.8 Å². The number of benzene rings is 2. The first-order chi connectivity index (χ1) is 12.6. The van der Waals surface area contributed by atoms with Crippen molar-refractivity contribution in [3.63, 3.8) is 0 Å². The molecule has 0 unspecified atom stereocenters. The van der Waals surface area contributed by atoms with Crippen molar-refractivity contribution in [2.75, 3.05) is 0 Å². The Bertz CT molecular complexity index is 872. The third kappa shape index (κ3) is 3.21. The number of urea groups is 1. The van der Waals surface area contributed by atoms with Crippen LogP contribution in [0.1, 0.15) is 22.0 Å². The van der Waals surface area contributed by atoms with Gasteiger partial charge in [0.1, 0.15) is 11.7 Å². The SMILES string of the molecule is O=C1N[C@H](c2ccccc2O)[C@@H](C(=O)c2ccccc2)[C@](O)(C(F)(F)F)N1. The molecule has 1 saturated heterocycles. The molecule has 3 atom stereocenters. The predicted octanol–water partition coefficient (Wildman–Crippen LogP) is 2.50. The topological polar surface area (TPSA) is 98.7 Å². The summed E-state index contributed by atoms with van der Waals surface area (Å²) in [6.45, 7) is 0. The van der Waals surface area contributed by atoms with E-state index >= 15 is 0 Å². The molecule has 3 rings (SSSR count). The van der Waals surface area contributed by atoms with E-state index in [-0.39, 0.29) is 11.1 Å². The fourth-order valence-corrected chi connectivity index (χ4v) is 3.13. The Morgan fingerprint density at radius 3 is 2.22 bits per heavy atom. The Balaban J connectivity index is 2.19. The molecule has 2 aromatic carbocycles. The van der Waals surface area contributed by atoms with Gasteiger partial charge in [0, 0.05) is 11.1 Å². The van der Waals surface area contributed by atoms with Gasteiger partial charge < -0.3 is 20.8 Å². The number of aliphatic hydroxyl groups is 1. The number of Topliss-reactive ketones (excluding diaryl/α,β-unsaturated/α-hetero) is 1. The number of hydrogen-bond donors (Lipinski definition) is 4. The predicted molar refractivity (Wildman–Crippen MR) is 87.8 cm³/mol. The third-order valence-corrected chi connectivity index (χ3v) is 4.42. The molecule has 1 heterocycles. The van der Waals surface area contributed by atoms with E-state index in [0.29, 0.717) is 0 Å². The molecule has 0 saturated carbocycles. The Labute approximate surface area is 151 Å². The number of phenols is 1. The lowest BCUT2D eigenvalue weighted by Crippen LogP contribution is -2.72. The molecule has 6 nitrogen and oxygen atoms in total. The number of phenolic OH excluding ortho intramolecular Hbond substituents is 1. The molecule has 0 aliphatic carbocycles. The van der Waals surface area contributed by atoms with Crippen molar-refractivity contribution >= 4 is 11.8 Å². The van der Waals surface area contributed by atoms with Crippen LogP contribution in [-0.2, 0) is 0 Å². The molecular formula is C18H15F3N2O4. The molecule has 4 N–H and O–H groups in total. The van der Waals surface area contributed by atoms with E-state index in [4.69, 9.17) is 0 Å². The van der Waals surface area contributed by atoms with Crippen molar-refractivity contribution in [2.45, 2.75) is 17.9 Å². The van der Waals surface area contributed by atoms with Crippen LogP contribution in [-0.4, -0.2) is 33.9 Å². The zero-order chi connectivity index (χ0) is 19.8. The standard InChI is InChI=1S/C18H15F3N2O4/c19-18(20,21)17(27)13(15(25)10-6-2-1-3-7-10)14(22-16(26)23-17)11-8-4-5-9-12(11)24/h1-9,13-14,24,27H,(H2,22,23,26)/t13-,14+,17-/m0/s1. The average Bonchev–Trinajstić information content (AvgIpc) is 2.61. The van der Waals surface area contributed by atoms with E-state index in [9.17, 15) is 33.0 Å². The number of alkyl halides is 3. The monoisotopic (exact) mass is 380 g/mol. The Morgan fingerprint density at radius 2 is 1.63 bits per heavy atom. The molecule has 0 aromatic heterocycles. The highest BCUT2D eigenvalue weighted by atomic mass is 19.4. The Hall–Kier alpha value is -3.07. The van der Waals surface area contributed by atoms with Crippen LogP contribution in [0.15, 0.2) is 54.6 Å². The largest absolute Gasteiger partial charge is 0.508 e. The lowest BCUT2D eigenvalue weighted by atomic mass is 9.77. The van der Waals surface area contributed by atoms with Gasteiger partial charge in [-0.15, -0.1) is 0 Å². The first-order valence-corrected chi connectivity index (χ1v) is 7.90. The van der Waals surface area contributed by atoms with Crippen molar-refractivity contribution < 1.29 is 33.0 Å². The van der Waals surface area contributed by atoms with Crippen LogP contribution in [0.5, 0.6) is 5.75 Å². The number of rotatable bonds is 3. The first-order valence-electron chi connectivity index (χ1n) is 7.90. The third-order valence-electron chi connectivity index (χ3n) is 4.42. The highest BCUT2D eigenvalue weighted by molar-refractivity contribution is 6.00. The molecule has 1 aliphatic heterocycles. The summed E-state index contributed by atoms with van der Waals surface area (Å²) in [6.07, 6.45) is -5.34. The molecule has 9 heteroatoms. The smallest absolute Gasteiger partial charge is 0.437 e. The maximum atomic E-state index is 13.7. The normalized spacial score (nSPS) is 25.4. The number of amides is 2. The molecule has 0 bridgehead atoms. The summed E-state index contributed by atoms with van der Waals surface area (Å²) in [7, 11) is 0. The minimum Gasteiger partial charge on any atom is -0.508 e. The number of aromatic hydroxyl groups is 1. The minimum atomic E-state index is -5.34. The van der Waals surface area contributed by atoms with Crippen LogP contribution in [0.4, 0.5) is 18.0 Å². The summed E-state index contributed by atoms with van der Waals surface area (Å²) in [5.74, 6) is -3.64. The van der Waals surface area contributed by atoms with Crippen molar-refractivity contribution in [1.82, 2.24) is 10.6 Å². The lowest BCUT2D eigenvalue weighted by Gasteiger charge is -2.45. The average molecular weight is 380 g/mol. The zero-order valence-electron chi connectivity index (χ0n) is 13.7. The van der Waals surface area contributed by atoms with E-state index in [1.54, 1.807) is 6.07 Å². The van der Waals surface area contributed by atoms with E-state index < -0.39 is 41.4 Å². The van der Waals surface area contributed by atoms with Crippen LogP contribution in [0.25, 0.3) is 0 Å². The van der Waals surface area contributed by atoms with Gasteiger partial charge in [0.2, 0.25) is 5.72 Å². The maximum absolute atomic E-state index is 13.7. The fraction of sp³-hybridized carbons (Fsp3) is 0.222. The summed E-state index contributed by atoms with van der Waals surface area (Å²) >= 11 is 0. The van der Waals surface area contributed by atoms with Gasteiger partial charge in [-0.05, 0) is 6.07 Å². The Morgan fingerprint density at radius 1 is 1.04 bits per heavy atom. The fourth-order valence-electron chi connectivity index (χ4n) is 3.13. The highest BCUT2D eigenvalue weighted by Gasteiger charge is 2.66. The van der Waals surface area contributed by atoms with E-state index in [2.05, 4.69) is 5.32 Å². The summed E-state index contributed by atoms with van der Waals surface area (Å²) in [6, 6.07) is 9.52. The van der Waals surface area contributed by atoms with E-state index in [0.717, 1.165) is 0 Å². The number of ketones is 1. The van der Waals surface area contributed by atoms with Crippen molar-refractivity contribution in [3.05, 3.63) is 65.7 Å². The molecule has 27 heavy (non-hydrogen) atoms. The number of carbonyl (C=O) groups is 2. The molecule has 0 radical (unpaired) electrons. The molecule has 2 amide bonds. The van der Waals surface area contributed by atoms with Gasteiger partial charge in [0.15, 0.2) is 5.78 Å². The number of carbonyl (C=O) groups excluding carboxylic acids is 2. The van der Waals surface area contributed by atoms with Crippen molar-refractivity contribution in [1.29, 1.82) is 0 Å². The number of halogens is 3. The molecular weight excluding hydrogens is 365 g/mol. The number of nitrogens with one attached hydrogen (secondary N) is 2. The van der Waals surface area contributed by atoms with E-state index in [1.807, 2.05) is 0 Å². The highest BCUT2D eigenvalue weighted by Crippen LogP contribution is 2.45. The minimum absolute atomic E-state index is 0.0801. The van der Waals surface area contributed by atoms with Gasteiger partial charge in [-0.2, -0.15) is 13.2 Å². The van der Waals surface area contributed by atoms with Gasteiger partial charge in [0.05, 0.1) is 6.04 Å². The second-order valence-electron chi connectivity index (χ2n) is 6.11. The first kappa shape index (κ1) is 18.7. The molecule has 2 aromatic rings. The number of hydrogen-bond acceptors (Lipinski definition) is 4. The molecule has 142 valence electrons. The van der Waals surface area contributed by atoms with Crippen LogP contribution in [0, 0.1) is 5.92 Å². The van der Waals surface area contributed by atoms with Gasteiger partial charge >= 0.3 is 12.2 Å². The van der Waals surface area contributed by atoms with Crippen LogP contribution in [0.3, 0.4) is 0 Å². The molecule has 1 aliphatic rings. The van der Waals surface area contributed by atoms with Gasteiger partial charge in [0.25, 0.3) is 0 Å². The van der Waals surface area contributed by atoms with Gasteiger partial charge in [-0.3, -0.25) is 4.79 Å². The number of para-hydroxylation sites is 1. The van der Waals surface area contributed by atoms with Crippen molar-refractivity contribution in [2.24, 2.45) is 5.92 Å². The quantitative estimate of drug-likeness (QED) is 0.615. The van der Waals surface area contributed by atoms with Crippen LogP contribution >= 0.6 is 0 Å². The van der Waals surface area contributed by atoms with Gasteiger partial charge in [-0.1, -0.05) is 48.5 Å². The summed E-state index contributed by atoms with van der Waals surface area (Å²) < 4.78 is 41.1. The second-order valence-corrected chi connectivity index (χ2v) is 6.11. The van der Waals surface area contributed by atoms with Crippen LogP contribution in [0.2, 0.25) is 0 Å². The van der Waals surface area contributed by atoms with Crippen molar-refractivity contribution in [3.8, 4) is 5.75 Å². The summed E-state index contributed by atoms with van der Waals surface area (Å²) in [4.78, 5) is 24.8. The Kier molecular flexibility index (Phi) is 4.56. The zero-order valence-corrected chi connectivity index (χ0v) is 13.7. The van der Waals surface area contributed by atoms with Gasteiger partial charge in [-0.25, -0.2) is 4.79 Å². The molecule has 1 fully saturated rings. The summed E-state index contributed by atoms with van der Waals surface area (Å²) in [5.41, 5.74) is -4.03. The second kappa shape index (κ2) is 6.58. The van der Waals surface area contributed by atoms with Crippen LogP contribution < -0.4 is 10.6 Å². The lowest BCUT2D eigenvalue weighted by molar-refractivity contribution is -0.287. The molecule has 0 spiro atoms.